The van der Waals surface area contributed by atoms with Gasteiger partial charge in [0.1, 0.15) is 40.5 Å². The summed E-state index contributed by atoms with van der Waals surface area (Å²) in [5, 5.41) is 1.66. The number of thiazole rings is 2. The van der Waals surface area contributed by atoms with Crippen LogP contribution < -0.4 is 0 Å². The number of carbonyl (C=O) groups excluding carboxylic acids is 2. The zero-order valence-electron chi connectivity index (χ0n) is 19.6. The zero-order chi connectivity index (χ0) is 25.5. The van der Waals surface area contributed by atoms with Gasteiger partial charge < -0.3 is 9.47 Å². The summed E-state index contributed by atoms with van der Waals surface area (Å²) in [6.07, 6.45) is 1.57. The maximum atomic E-state index is 12.2. The van der Waals surface area contributed by atoms with Gasteiger partial charge in [-0.25, -0.2) is 19.6 Å². The summed E-state index contributed by atoms with van der Waals surface area (Å²) < 4.78 is 21.5. The highest BCUT2D eigenvalue weighted by Crippen LogP contribution is 2.42. The van der Waals surface area contributed by atoms with Crippen molar-refractivity contribution in [3.63, 3.8) is 0 Å². The van der Waals surface area contributed by atoms with Gasteiger partial charge in [-0.1, -0.05) is 13.8 Å². The van der Waals surface area contributed by atoms with Crippen molar-refractivity contribution in [2.45, 2.75) is 26.7 Å². The summed E-state index contributed by atoms with van der Waals surface area (Å²) in [7, 11) is 0. The van der Waals surface area contributed by atoms with Crippen molar-refractivity contribution >= 4 is 99.1 Å². The Labute approximate surface area is 230 Å². The van der Waals surface area contributed by atoms with E-state index in [0.29, 0.717) is 23.0 Å². The van der Waals surface area contributed by atoms with Gasteiger partial charge in [0.25, 0.3) is 0 Å². The molecule has 0 saturated heterocycles. The molecule has 6 rings (SSSR count). The molecule has 0 aliphatic carbocycles. The van der Waals surface area contributed by atoms with Crippen molar-refractivity contribution in [3.05, 3.63) is 34.0 Å². The third kappa shape index (κ3) is 4.55. The molecular formula is C24H18N4O4S5. The number of thiophene rings is 2. The Bertz CT molecular complexity index is 1590. The van der Waals surface area contributed by atoms with E-state index in [1.807, 2.05) is 38.1 Å². The largest absolute Gasteiger partial charge is 0.462 e. The van der Waals surface area contributed by atoms with E-state index in [1.165, 1.54) is 45.3 Å². The molecule has 0 saturated carbocycles. The van der Waals surface area contributed by atoms with E-state index in [0.717, 1.165) is 75.8 Å². The Balaban J connectivity index is 1.31. The van der Waals surface area contributed by atoms with Crippen molar-refractivity contribution in [1.82, 2.24) is 18.7 Å². The number of hydrogen-bond acceptors (Lipinski definition) is 13. The average Bonchev–Trinajstić information content (AvgIpc) is 3.69. The van der Waals surface area contributed by atoms with Gasteiger partial charge in [-0.05, 0) is 37.1 Å². The first-order chi connectivity index (χ1) is 18.1. The highest BCUT2D eigenvalue weighted by atomic mass is 32.1. The quantitative estimate of drug-likeness (QED) is 0.169. The van der Waals surface area contributed by atoms with Crippen molar-refractivity contribution in [2.24, 2.45) is 0 Å². The second-order valence-corrected chi connectivity index (χ2v) is 12.6. The molecule has 0 spiro atoms. The fourth-order valence-electron chi connectivity index (χ4n) is 3.64. The Morgan fingerprint density at radius 3 is 1.59 bits per heavy atom. The molecule has 8 nitrogen and oxygen atoms in total. The predicted molar refractivity (Wildman–Crippen MR) is 152 cm³/mol. The molecule has 0 bridgehead atoms. The van der Waals surface area contributed by atoms with E-state index in [-0.39, 0.29) is 11.9 Å². The highest BCUT2D eigenvalue weighted by Gasteiger charge is 2.21. The molecule has 0 amide bonds. The van der Waals surface area contributed by atoms with Crippen LogP contribution in [0.25, 0.3) is 51.2 Å². The van der Waals surface area contributed by atoms with Gasteiger partial charge in [0.05, 0.1) is 34.3 Å². The maximum absolute atomic E-state index is 12.2. The Morgan fingerprint density at radius 1 is 0.730 bits per heavy atom. The van der Waals surface area contributed by atoms with E-state index in [4.69, 9.17) is 19.4 Å². The molecule has 0 aliphatic rings. The van der Waals surface area contributed by atoms with E-state index in [9.17, 15) is 9.59 Å². The molecule has 0 fully saturated rings. The summed E-state index contributed by atoms with van der Waals surface area (Å²) in [5.74, 6) is -0.607. The fraction of sp³-hybridized carbons (Fsp3) is 0.250. The van der Waals surface area contributed by atoms with Crippen LogP contribution in [0.15, 0.2) is 24.3 Å². The number of aromatic nitrogens is 4. The second-order valence-electron chi connectivity index (χ2n) is 7.99. The molecule has 0 atom stereocenters. The van der Waals surface area contributed by atoms with Crippen molar-refractivity contribution in [3.8, 4) is 21.1 Å². The lowest BCUT2D eigenvalue weighted by atomic mass is 10.1. The minimum atomic E-state index is -0.303. The SMILES string of the molecule is CCCOC(=O)c1cc2sc(-c3ccc(-c4nc5sc(C(=O)OCCC)cc5s4)c4nsnc34)nc2s1. The van der Waals surface area contributed by atoms with E-state index in [1.54, 1.807) is 0 Å². The van der Waals surface area contributed by atoms with Gasteiger partial charge in [-0.15, -0.1) is 45.3 Å². The zero-order valence-corrected chi connectivity index (χ0v) is 23.7. The molecule has 0 N–H and O–H groups in total. The lowest BCUT2D eigenvalue weighted by molar-refractivity contribution is 0.0501. The molecular weight excluding hydrogens is 569 g/mol. The third-order valence-electron chi connectivity index (χ3n) is 5.33. The second kappa shape index (κ2) is 10.1. The number of benzene rings is 1. The third-order valence-corrected chi connectivity index (χ3v) is 10.2. The topological polar surface area (TPSA) is 104 Å². The predicted octanol–water partition coefficient (Wildman–Crippen LogP) is 7.50. The number of fused-ring (bicyclic) bond motifs is 3. The van der Waals surface area contributed by atoms with E-state index >= 15 is 0 Å². The van der Waals surface area contributed by atoms with Crippen LogP contribution in [-0.4, -0.2) is 43.9 Å². The fourth-order valence-corrected chi connectivity index (χ4v) is 8.49. The van der Waals surface area contributed by atoms with E-state index < -0.39 is 0 Å². The minimum absolute atomic E-state index is 0.303. The molecule has 188 valence electrons. The van der Waals surface area contributed by atoms with Crippen LogP contribution in [0, 0.1) is 0 Å². The lowest BCUT2D eigenvalue weighted by Crippen LogP contribution is -2.03. The first-order valence-corrected chi connectivity index (χ1v) is 15.5. The normalized spacial score (nSPS) is 11.6. The van der Waals surface area contributed by atoms with Crippen molar-refractivity contribution in [1.29, 1.82) is 0 Å². The first kappa shape index (κ1) is 24.5. The van der Waals surface area contributed by atoms with Crippen LogP contribution in [0.3, 0.4) is 0 Å². The standard InChI is InChI=1S/C24H18N4O4S5/c1-3-7-31-23(29)15-9-13-21(35-15)25-19(33-13)11-5-6-12(18-17(11)27-37-28-18)20-26-22-14(34-20)10-16(36-22)24(30)32-8-4-2/h5-6,9-10H,3-4,7-8H2,1-2H3. The monoisotopic (exact) mass is 586 g/mol. The molecule has 5 aromatic heterocycles. The molecule has 0 aliphatic heterocycles. The summed E-state index contributed by atoms with van der Waals surface area (Å²) in [5.41, 5.74) is 3.34. The van der Waals surface area contributed by atoms with Crippen LogP contribution in [0.2, 0.25) is 0 Å². The molecule has 13 heteroatoms. The van der Waals surface area contributed by atoms with Gasteiger partial charge >= 0.3 is 11.9 Å². The number of rotatable bonds is 8. The number of hydrogen-bond donors (Lipinski definition) is 0. The summed E-state index contributed by atoms with van der Waals surface area (Å²) in [6.45, 7) is 4.75. The molecule has 0 unspecified atom stereocenters. The van der Waals surface area contributed by atoms with Gasteiger partial charge in [-0.3, -0.25) is 0 Å². The molecule has 37 heavy (non-hydrogen) atoms. The minimum Gasteiger partial charge on any atom is -0.462 e. The van der Waals surface area contributed by atoms with Crippen LogP contribution in [0.1, 0.15) is 46.0 Å². The van der Waals surface area contributed by atoms with E-state index in [2.05, 4.69) is 8.75 Å². The number of esters is 2. The first-order valence-electron chi connectivity index (χ1n) is 11.5. The maximum Gasteiger partial charge on any atom is 0.348 e. The molecule has 6 aromatic rings. The smallest absolute Gasteiger partial charge is 0.348 e. The van der Waals surface area contributed by atoms with Gasteiger partial charge in [0.2, 0.25) is 0 Å². The van der Waals surface area contributed by atoms with Crippen molar-refractivity contribution < 1.29 is 19.1 Å². The number of carbonyl (C=O) groups is 2. The molecule has 0 radical (unpaired) electrons. The van der Waals surface area contributed by atoms with Crippen molar-refractivity contribution in [2.75, 3.05) is 13.2 Å². The number of ether oxygens (including phenoxy) is 2. The Kier molecular flexibility index (Phi) is 6.71. The van der Waals surface area contributed by atoms with Crippen LogP contribution in [0.5, 0.6) is 0 Å². The number of nitrogens with zero attached hydrogens (tertiary/aromatic N) is 4. The average molecular weight is 587 g/mol. The summed E-state index contributed by atoms with van der Waals surface area (Å²) >= 11 is 6.88. The van der Waals surface area contributed by atoms with Crippen LogP contribution in [-0.2, 0) is 9.47 Å². The molecule has 5 heterocycles. The van der Waals surface area contributed by atoms with Gasteiger partial charge in [-0.2, -0.15) is 8.75 Å². The summed E-state index contributed by atoms with van der Waals surface area (Å²) in [6, 6.07) is 7.69. The van der Waals surface area contributed by atoms with Gasteiger partial charge in [0, 0.05) is 11.1 Å². The van der Waals surface area contributed by atoms with Gasteiger partial charge in [0.15, 0.2) is 0 Å². The Hall–Kier alpha value is -2.84. The lowest BCUT2D eigenvalue weighted by Gasteiger charge is -2.02. The summed E-state index contributed by atoms with van der Waals surface area (Å²) in [4.78, 5) is 36.7. The van der Waals surface area contributed by atoms with Crippen LogP contribution in [0.4, 0.5) is 0 Å². The van der Waals surface area contributed by atoms with Crippen LogP contribution >= 0.6 is 57.1 Å². The molecule has 1 aromatic carbocycles. The highest BCUT2D eigenvalue weighted by molar-refractivity contribution is 7.30. The Morgan fingerprint density at radius 2 is 1.19 bits per heavy atom.